The van der Waals surface area contributed by atoms with Crippen molar-refractivity contribution in [3.05, 3.63) is 94.6 Å². The molecule has 3 aromatic rings. The van der Waals surface area contributed by atoms with Gasteiger partial charge in [0.1, 0.15) is 18.2 Å². The minimum atomic E-state index is -0.462. The summed E-state index contributed by atoms with van der Waals surface area (Å²) in [4.78, 5) is 12.6. The molecule has 3 rings (SSSR count). The molecule has 0 aliphatic heterocycles. The van der Waals surface area contributed by atoms with Crippen LogP contribution in [0.3, 0.4) is 0 Å². The molecule has 0 radical (unpaired) electrons. The minimum Gasteiger partial charge on any atom is -0.490 e. The Hall–Kier alpha value is -4.04. The van der Waals surface area contributed by atoms with E-state index in [1.165, 1.54) is 11.6 Å². The molecule has 0 saturated heterocycles. The second kappa shape index (κ2) is 10.8. The van der Waals surface area contributed by atoms with Crippen LogP contribution in [-0.2, 0) is 11.4 Å². The van der Waals surface area contributed by atoms with Crippen molar-refractivity contribution >= 4 is 17.7 Å². The SMILES string of the molecule is CCOc1cc(/C=C(/C#N)C(=O)Nc2cccc(C)c2)ccc1OCc1ccc(C)cc1. The highest BCUT2D eigenvalue weighted by Gasteiger charge is 2.12. The molecule has 0 unspecified atom stereocenters. The Morgan fingerprint density at radius 2 is 1.75 bits per heavy atom. The standard InChI is InChI=1S/C27H26N2O3/c1-4-31-26-16-22(12-13-25(26)32-18-21-10-8-19(2)9-11-21)15-23(17-28)27(30)29-24-7-5-6-20(3)14-24/h5-16H,4,18H2,1-3H3,(H,29,30)/b23-15-. The number of nitrogens with one attached hydrogen (secondary N) is 1. The van der Waals surface area contributed by atoms with Crippen LogP contribution in [0.1, 0.15) is 29.2 Å². The Labute approximate surface area is 188 Å². The van der Waals surface area contributed by atoms with E-state index in [9.17, 15) is 10.1 Å². The largest absolute Gasteiger partial charge is 0.490 e. The molecule has 0 aliphatic carbocycles. The number of aryl methyl sites for hydroxylation is 2. The zero-order valence-corrected chi connectivity index (χ0v) is 18.5. The van der Waals surface area contributed by atoms with Gasteiger partial charge in [-0.25, -0.2) is 0 Å². The first-order valence-electron chi connectivity index (χ1n) is 10.4. The fraction of sp³-hybridized carbons (Fsp3) is 0.185. The number of benzene rings is 3. The second-order valence-corrected chi connectivity index (χ2v) is 7.41. The Balaban J connectivity index is 1.77. The lowest BCUT2D eigenvalue weighted by Crippen LogP contribution is -2.13. The summed E-state index contributed by atoms with van der Waals surface area (Å²) in [5.41, 5.74) is 4.59. The maximum absolute atomic E-state index is 12.6. The summed E-state index contributed by atoms with van der Waals surface area (Å²) in [6, 6.07) is 22.9. The molecule has 32 heavy (non-hydrogen) atoms. The van der Waals surface area contributed by atoms with Crippen LogP contribution in [0.5, 0.6) is 11.5 Å². The lowest BCUT2D eigenvalue weighted by Gasteiger charge is -2.13. The molecule has 3 aromatic carbocycles. The average Bonchev–Trinajstić information content (AvgIpc) is 2.78. The summed E-state index contributed by atoms with van der Waals surface area (Å²) in [6.45, 7) is 6.75. The summed E-state index contributed by atoms with van der Waals surface area (Å²) in [6.07, 6.45) is 1.54. The minimum absolute atomic E-state index is 0.00211. The van der Waals surface area contributed by atoms with Gasteiger partial charge in [0.25, 0.3) is 5.91 Å². The summed E-state index contributed by atoms with van der Waals surface area (Å²) < 4.78 is 11.7. The van der Waals surface area contributed by atoms with Gasteiger partial charge in [-0.3, -0.25) is 4.79 Å². The monoisotopic (exact) mass is 426 g/mol. The van der Waals surface area contributed by atoms with Gasteiger partial charge in [0.15, 0.2) is 11.5 Å². The molecular weight excluding hydrogens is 400 g/mol. The molecule has 0 fully saturated rings. The predicted octanol–water partition coefficient (Wildman–Crippen LogP) is 5.83. The van der Waals surface area contributed by atoms with Crippen LogP contribution in [0.2, 0.25) is 0 Å². The van der Waals surface area contributed by atoms with Gasteiger partial charge in [-0.15, -0.1) is 0 Å². The van der Waals surface area contributed by atoms with Crippen LogP contribution < -0.4 is 14.8 Å². The quantitative estimate of drug-likeness (QED) is 0.363. The number of nitriles is 1. The highest BCUT2D eigenvalue weighted by molar-refractivity contribution is 6.09. The van der Waals surface area contributed by atoms with Crippen molar-refractivity contribution in [3.8, 4) is 17.6 Å². The van der Waals surface area contributed by atoms with E-state index in [1.807, 2.05) is 69.3 Å². The summed E-state index contributed by atoms with van der Waals surface area (Å²) in [5.74, 6) is 0.702. The van der Waals surface area contributed by atoms with Gasteiger partial charge in [-0.2, -0.15) is 5.26 Å². The van der Waals surface area contributed by atoms with Crippen LogP contribution >= 0.6 is 0 Å². The summed E-state index contributed by atoms with van der Waals surface area (Å²) in [5, 5.41) is 12.3. The first-order valence-corrected chi connectivity index (χ1v) is 10.4. The number of carbonyl (C=O) groups is 1. The Morgan fingerprint density at radius 1 is 0.969 bits per heavy atom. The highest BCUT2D eigenvalue weighted by Crippen LogP contribution is 2.30. The lowest BCUT2D eigenvalue weighted by atomic mass is 10.1. The number of anilines is 1. The molecule has 0 aromatic heterocycles. The third kappa shape index (κ3) is 6.23. The second-order valence-electron chi connectivity index (χ2n) is 7.41. The molecular formula is C27H26N2O3. The predicted molar refractivity (Wildman–Crippen MR) is 127 cm³/mol. The van der Waals surface area contributed by atoms with Gasteiger partial charge in [-0.05, 0) is 67.8 Å². The maximum atomic E-state index is 12.6. The first kappa shape index (κ1) is 22.6. The van der Waals surface area contributed by atoms with Crippen molar-refractivity contribution in [1.82, 2.24) is 0 Å². The number of carbonyl (C=O) groups excluding carboxylic acids is 1. The number of ether oxygens (including phenoxy) is 2. The summed E-state index contributed by atoms with van der Waals surface area (Å²) in [7, 11) is 0. The van der Waals surface area contributed by atoms with Crippen molar-refractivity contribution in [2.75, 3.05) is 11.9 Å². The van der Waals surface area contributed by atoms with Crippen LogP contribution in [0.25, 0.3) is 6.08 Å². The molecule has 162 valence electrons. The highest BCUT2D eigenvalue weighted by atomic mass is 16.5. The van der Waals surface area contributed by atoms with Gasteiger partial charge in [0.2, 0.25) is 0 Å². The van der Waals surface area contributed by atoms with Crippen molar-refractivity contribution in [3.63, 3.8) is 0 Å². The van der Waals surface area contributed by atoms with Gasteiger partial charge in [-0.1, -0.05) is 48.0 Å². The third-order valence-corrected chi connectivity index (χ3v) is 4.73. The molecule has 5 heteroatoms. The topological polar surface area (TPSA) is 71.3 Å². The fourth-order valence-corrected chi connectivity index (χ4v) is 3.08. The zero-order valence-electron chi connectivity index (χ0n) is 18.5. The van der Waals surface area contributed by atoms with Gasteiger partial charge >= 0.3 is 0 Å². The zero-order chi connectivity index (χ0) is 22.9. The van der Waals surface area contributed by atoms with Gasteiger partial charge < -0.3 is 14.8 Å². The number of rotatable bonds is 8. The number of nitrogens with zero attached hydrogens (tertiary/aromatic N) is 1. The molecule has 1 amide bonds. The van der Waals surface area contributed by atoms with E-state index in [0.717, 1.165) is 11.1 Å². The van der Waals surface area contributed by atoms with Crippen LogP contribution in [0.15, 0.2) is 72.3 Å². The lowest BCUT2D eigenvalue weighted by molar-refractivity contribution is -0.112. The van der Waals surface area contributed by atoms with Gasteiger partial charge in [0.05, 0.1) is 6.61 Å². The van der Waals surface area contributed by atoms with Crippen molar-refractivity contribution in [1.29, 1.82) is 5.26 Å². The van der Waals surface area contributed by atoms with E-state index in [4.69, 9.17) is 9.47 Å². The van der Waals surface area contributed by atoms with E-state index in [0.29, 0.717) is 36.0 Å². The number of hydrogen-bond donors (Lipinski definition) is 1. The maximum Gasteiger partial charge on any atom is 0.266 e. The van der Waals surface area contributed by atoms with E-state index in [1.54, 1.807) is 24.3 Å². The molecule has 0 bridgehead atoms. The first-order chi connectivity index (χ1) is 15.5. The smallest absolute Gasteiger partial charge is 0.266 e. The van der Waals surface area contributed by atoms with Gasteiger partial charge in [0, 0.05) is 5.69 Å². The van der Waals surface area contributed by atoms with Crippen LogP contribution in [0, 0.1) is 25.2 Å². The molecule has 0 saturated carbocycles. The van der Waals surface area contributed by atoms with Crippen molar-refractivity contribution < 1.29 is 14.3 Å². The van der Waals surface area contributed by atoms with E-state index in [-0.39, 0.29) is 5.57 Å². The molecule has 0 atom stereocenters. The van der Waals surface area contributed by atoms with E-state index < -0.39 is 5.91 Å². The fourth-order valence-electron chi connectivity index (χ4n) is 3.08. The Morgan fingerprint density at radius 3 is 2.44 bits per heavy atom. The summed E-state index contributed by atoms with van der Waals surface area (Å²) >= 11 is 0. The van der Waals surface area contributed by atoms with Crippen molar-refractivity contribution in [2.45, 2.75) is 27.4 Å². The number of hydrogen-bond acceptors (Lipinski definition) is 4. The molecule has 1 N–H and O–H groups in total. The third-order valence-electron chi connectivity index (χ3n) is 4.73. The molecule has 0 spiro atoms. The molecule has 0 aliphatic rings. The van der Waals surface area contributed by atoms with Crippen LogP contribution in [-0.4, -0.2) is 12.5 Å². The van der Waals surface area contributed by atoms with Crippen molar-refractivity contribution in [2.24, 2.45) is 0 Å². The normalized spacial score (nSPS) is 10.9. The Kier molecular flexibility index (Phi) is 7.66. The molecule has 0 heterocycles. The van der Waals surface area contributed by atoms with E-state index >= 15 is 0 Å². The Bertz CT molecular complexity index is 1160. The number of amides is 1. The van der Waals surface area contributed by atoms with E-state index in [2.05, 4.69) is 5.32 Å². The van der Waals surface area contributed by atoms with Crippen LogP contribution in [0.4, 0.5) is 5.69 Å². The molecule has 5 nitrogen and oxygen atoms in total. The average molecular weight is 427 g/mol.